The van der Waals surface area contributed by atoms with Gasteiger partial charge in [-0.2, -0.15) is 0 Å². The lowest BCUT2D eigenvalue weighted by molar-refractivity contribution is -0.117. The lowest BCUT2D eigenvalue weighted by atomic mass is 10.0. The summed E-state index contributed by atoms with van der Waals surface area (Å²) in [6.07, 6.45) is 17.1. The molecule has 0 aliphatic carbocycles. The summed E-state index contributed by atoms with van der Waals surface area (Å²) in [5.41, 5.74) is 0. The van der Waals surface area contributed by atoms with Gasteiger partial charge in [-0.05, 0) is 25.5 Å². The number of hydrogen-bond donors (Lipinski definition) is 0. The number of ketones is 1. The summed E-state index contributed by atoms with van der Waals surface area (Å²) >= 11 is 0. The van der Waals surface area contributed by atoms with Crippen molar-refractivity contribution in [3.05, 3.63) is 24.3 Å². The zero-order chi connectivity index (χ0) is 17.5. The second-order valence-corrected chi connectivity index (χ2v) is 6.89. The van der Waals surface area contributed by atoms with E-state index in [1.807, 2.05) is 24.3 Å². The molecule has 25 heavy (non-hydrogen) atoms. The van der Waals surface area contributed by atoms with Crippen LogP contribution in [0.4, 0.5) is 0 Å². The second kappa shape index (κ2) is 16.1. The molecule has 0 amide bonds. The minimum atomic E-state index is 0. The van der Waals surface area contributed by atoms with E-state index in [0.717, 1.165) is 24.3 Å². The third-order valence-electron chi connectivity index (χ3n) is 4.41. The molecule has 1 aromatic rings. The van der Waals surface area contributed by atoms with Crippen LogP contribution in [0.2, 0.25) is 0 Å². The van der Waals surface area contributed by atoms with Gasteiger partial charge in [-0.25, -0.2) is 0 Å². The molecule has 1 aliphatic rings. The first-order chi connectivity index (χ1) is 11.7. The summed E-state index contributed by atoms with van der Waals surface area (Å²) in [5, 5.41) is 0. The summed E-state index contributed by atoms with van der Waals surface area (Å²) in [4.78, 5) is 10.7. The smallest absolute Gasteiger partial charge is 0.170 e. The van der Waals surface area contributed by atoms with Crippen molar-refractivity contribution in [2.75, 3.05) is 0 Å². The number of carbonyl (C=O) groups excluding carboxylic acids is 1. The molecule has 0 bridgehead atoms. The molecule has 2 rings (SSSR count). The Balaban J connectivity index is 0.000000587. The first kappa shape index (κ1) is 23.6. The summed E-state index contributed by atoms with van der Waals surface area (Å²) in [7, 11) is 0. The van der Waals surface area contributed by atoms with Crippen molar-refractivity contribution in [2.45, 2.75) is 97.3 Å². The molecule has 1 aliphatic heterocycles. The maximum Gasteiger partial charge on any atom is 0.170 e. The molecule has 3 heteroatoms. The fourth-order valence-electron chi connectivity index (χ4n) is 2.83. The standard InChI is InChI=1S/C16H32O.C6H4O.H2O/c1-3-4-5-6-7-8-9-10-11-12-13-14-15-16(2)17;1-2-4-6-5(3-1)7-6;/h3-15H2,1-2H3;1-4H;1H2. The Morgan fingerprint density at radius 1 is 0.760 bits per heavy atom. The number of benzene rings is 1. The highest BCUT2D eigenvalue weighted by atomic mass is 16.6. The van der Waals surface area contributed by atoms with Crippen molar-refractivity contribution >= 4 is 5.78 Å². The largest absolute Gasteiger partial charge is 0.450 e. The van der Waals surface area contributed by atoms with Crippen molar-refractivity contribution in [1.29, 1.82) is 0 Å². The van der Waals surface area contributed by atoms with Crippen molar-refractivity contribution in [3.8, 4) is 11.5 Å². The molecular formula is C22H38O3. The van der Waals surface area contributed by atoms with Crippen LogP contribution in [-0.2, 0) is 4.79 Å². The molecule has 0 atom stereocenters. The van der Waals surface area contributed by atoms with Gasteiger partial charge in [0.2, 0.25) is 0 Å². The third-order valence-corrected chi connectivity index (χ3v) is 4.41. The Hall–Kier alpha value is -1.35. The van der Waals surface area contributed by atoms with Gasteiger partial charge in [0.05, 0.1) is 0 Å². The Morgan fingerprint density at radius 2 is 1.16 bits per heavy atom. The van der Waals surface area contributed by atoms with Crippen molar-refractivity contribution in [1.82, 2.24) is 0 Å². The van der Waals surface area contributed by atoms with E-state index in [1.54, 1.807) is 6.92 Å². The van der Waals surface area contributed by atoms with E-state index in [1.165, 1.54) is 70.6 Å². The van der Waals surface area contributed by atoms with Gasteiger partial charge in [0, 0.05) is 6.42 Å². The SMILES string of the molecule is CCCCCCCCCCCCCCC(C)=O.O.c1ccc2c(c1)O2. The fraction of sp³-hybridized carbons (Fsp3) is 0.682. The van der Waals surface area contributed by atoms with Crippen LogP contribution in [0, 0.1) is 0 Å². The predicted molar refractivity (Wildman–Crippen MR) is 107 cm³/mol. The van der Waals surface area contributed by atoms with Gasteiger partial charge in [-0.1, -0.05) is 89.7 Å². The third kappa shape index (κ3) is 14.7. The zero-order valence-corrected chi connectivity index (χ0v) is 16.3. The average Bonchev–Trinajstić information content (AvgIpc) is 3.36. The van der Waals surface area contributed by atoms with Crippen molar-refractivity contribution < 1.29 is 15.0 Å². The molecule has 0 saturated carbocycles. The monoisotopic (exact) mass is 350 g/mol. The van der Waals surface area contributed by atoms with Gasteiger partial charge in [-0.3, -0.25) is 0 Å². The normalized spacial score (nSPS) is 10.6. The molecule has 0 fully saturated rings. The maximum atomic E-state index is 10.7. The molecule has 0 unspecified atom stereocenters. The Labute approximate surface area is 154 Å². The molecule has 0 radical (unpaired) electrons. The van der Waals surface area contributed by atoms with Crippen LogP contribution in [0.1, 0.15) is 97.3 Å². The number of Topliss-reactive ketones (excluding diaryl/α,β-unsaturated/α-hetero) is 1. The molecule has 144 valence electrons. The lowest BCUT2D eigenvalue weighted by Gasteiger charge is -2.02. The van der Waals surface area contributed by atoms with E-state index in [-0.39, 0.29) is 5.48 Å². The number of para-hydroxylation sites is 2. The highest BCUT2D eigenvalue weighted by Crippen LogP contribution is 2.43. The minimum absolute atomic E-state index is 0. The van der Waals surface area contributed by atoms with Gasteiger partial charge in [0.15, 0.2) is 11.5 Å². The number of fused-ring (bicyclic) bond motifs is 1. The van der Waals surface area contributed by atoms with Crippen LogP contribution in [0.15, 0.2) is 24.3 Å². The van der Waals surface area contributed by atoms with Crippen LogP contribution in [0.3, 0.4) is 0 Å². The first-order valence-corrected chi connectivity index (χ1v) is 10.0. The van der Waals surface area contributed by atoms with E-state index in [2.05, 4.69) is 6.92 Å². The number of rotatable bonds is 13. The molecule has 0 saturated heterocycles. The zero-order valence-electron chi connectivity index (χ0n) is 16.3. The van der Waals surface area contributed by atoms with Crippen LogP contribution in [-0.4, -0.2) is 11.3 Å². The Morgan fingerprint density at radius 3 is 1.52 bits per heavy atom. The van der Waals surface area contributed by atoms with E-state index in [0.29, 0.717) is 5.78 Å². The van der Waals surface area contributed by atoms with Crippen LogP contribution >= 0.6 is 0 Å². The summed E-state index contributed by atoms with van der Waals surface area (Å²) in [6.45, 7) is 3.96. The van der Waals surface area contributed by atoms with E-state index in [9.17, 15) is 4.79 Å². The van der Waals surface area contributed by atoms with Gasteiger partial charge in [0.1, 0.15) is 5.78 Å². The maximum absolute atomic E-state index is 10.7. The summed E-state index contributed by atoms with van der Waals surface area (Å²) in [5.74, 6) is 2.40. The second-order valence-electron chi connectivity index (χ2n) is 6.89. The molecule has 3 nitrogen and oxygen atoms in total. The van der Waals surface area contributed by atoms with Crippen molar-refractivity contribution in [2.24, 2.45) is 0 Å². The van der Waals surface area contributed by atoms with E-state index in [4.69, 9.17) is 4.74 Å². The lowest BCUT2D eigenvalue weighted by Crippen LogP contribution is -1.89. The van der Waals surface area contributed by atoms with E-state index >= 15 is 0 Å². The molecule has 0 spiro atoms. The minimum Gasteiger partial charge on any atom is -0.450 e. The molecule has 1 aromatic carbocycles. The van der Waals surface area contributed by atoms with Gasteiger partial charge in [-0.15, -0.1) is 0 Å². The molecule has 1 heterocycles. The number of unbranched alkanes of at least 4 members (excludes halogenated alkanes) is 11. The fourth-order valence-corrected chi connectivity index (χ4v) is 2.83. The van der Waals surface area contributed by atoms with Crippen LogP contribution in [0.25, 0.3) is 0 Å². The summed E-state index contributed by atoms with van der Waals surface area (Å²) in [6, 6.07) is 7.84. The van der Waals surface area contributed by atoms with Gasteiger partial charge < -0.3 is 15.0 Å². The number of hydrogen-bond acceptors (Lipinski definition) is 2. The number of ether oxygens (including phenoxy) is 1. The van der Waals surface area contributed by atoms with E-state index < -0.39 is 0 Å². The highest BCUT2D eigenvalue weighted by molar-refractivity contribution is 5.75. The Kier molecular flexibility index (Phi) is 15.3. The van der Waals surface area contributed by atoms with Crippen molar-refractivity contribution in [3.63, 3.8) is 0 Å². The Bertz CT molecular complexity index is 422. The number of carbonyl (C=O) groups is 1. The highest BCUT2D eigenvalue weighted by Gasteiger charge is 2.15. The summed E-state index contributed by atoms with van der Waals surface area (Å²) < 4.78 is 4.94. The predicted octanol–water partition coefficient (Wildman–Crippen LogP) is 6.63. The molecule has 0 aromatic heterocycles. The molecular weight excluding hydrogens is 312 g/mol. The van der Waals surface area contributed by atoms with Gasteiger partial charge >= 0.3 is 0 Å². The van der Waals surface area contributed by atoms with Crippen LogP contribution < -0.4 is 4.74 Å². The topological polar surface area (TPSA) is 61.1 Å². The first-order valence-electron chi connectivity index (χ1n) is 10.0. The molecule has 2 N–H and O–H groups in total. The average molecular weight is 351 g/mol. The van der Waals surface area contributed by atoms with Gasteiger partial charge in [0.25, 0.3) is 0 Å². The van der Waals surface area contributed by atoms with Crippen LogP contribution in [0.5, 0.6) is 11.5 Å². The quantitative estimate of drug-likeness (QED) is 0.300.